The van der Waals surface area contributed by atoms with Crippen LogP contribution in [0.1, 0.15) is 71.1 Å². The molecule has 0 saturated heterocycles. The third-order valence-corrected chi connectivity index (χ3v) is 2.98. The Morgan fingerprint density at radius 2 is 1.11 bits per heavy atom. The molecule has 4 nitrogen and oxygen atoms in total. The quantitative estimate of drug-likeness (QED) is 0.412. The summed E-state index contributed by atoms with van der Waals surface area (Å²) in [4.78, 5) is 0. The van der Waals surface area contributed by atoms with E-state index in [4.69, 9.17) is 21.1 Å². The van der Waals surface area contributed by atoms with E-state index >= 15 is 0 Å². The maximum atomic E-state index is 8.17. The summed E-state index contributed by atoms with van der Waals surface area (Å²) in [6, 6.07) is 0. The summed E-state index contributed by atoms with van der Waals surface area (Å²) in [7, 11) is 0. The Morgan fingerprint density at radius 3 is 1.37 bits per heavy atom. The molecule has 118 valence electrons. The second kappa shape index (κ2) is 20.2. The molecule has 0 spiro atoms. The monoisotopic (exact) mass is 277 g/mol. The van der Waals surface area contributed by atoms with E-state index < -0.39 is 6.10 Å². The lowest BCUT2D eigenvalue weighted by atomic mass is 10.1. The van der Waals surface area contributed by atoms with Crippen LogP contribution in [-0.4, -0.2) is 41.2 Å². The van der Waals surface area contributed by atoms with Crippen LogP contribution >= 0.6 is 0 Å². The molecule has 0 radical (unpaired) electrons. The van der Waals surface area contributed by atoms with Crippen molar-refractivity contribution >= 4 is 0 Å². The van der Waals surface area contributed by atoms with Gasteiger partial charge < -0.3 is 21.1 Å². The van der Waals surface area contributed by atoms with Crippen molar-refractivity contribution in [2.24, 2.45) is 5.73 Å². The number of unbranched alkanes of at least 4 members (excludes halogenated alkanes) is 9. The van der Waals surface area contributed by atoms with Crippen molar-refractivity contribution < 1.29 is 15.3 Å². The van der Waals surface area contributed by atoms with Gasteiger partial charge in [0.15, 0.2) is 0 Å². The molecule has 0 aromatic carbocycles. The predicted octanol–water partition coefficient (Wildman–Crippen LogP) is 2.20. The number of rotatable bonds is 12. The fourth-order valence-electron chi connectivity index (χ4n) is 1.69. The average Bonchev–Trinajstić information content (AvgIpc) is 2.45. The van der Waals surface area contributed by atoms with Crippen LogP contribution in [0.2, 0.25) is 0 Å². The van der Waals surface area contributed by atoms with Gasteiger partial charge in [-0.05, 0) is 13.0 Å². The first kappa shape index (κ1) is 21.1. The van der Waals surface area contributed by atoms with E-state index in [0.717, 1.165) is 6.54 Å². The summed E-state index contributed by atoms with van der Waals surface area (Å²) in [6.07, 6.45) is 13.0. The van der Waals surface area contributed by atoms with E-state index in [9.17, 15) is 0 Å². The van der Waals surface area contributed by atoms with Crippen LogP contribution in [-0.2, 0) is 0 Å². The third kappa shape index (κ3) is 23.4. The van der Waals surface area contributed by atoms with Crippen LogP contribution in [0.5, 0.6) is 0 Å². The lowest BCUT2D eigenvalue weighted by molar-refractivity contribution is 0.0450. The molecule has 0 aromatic rings. The smallest absolute Gasteiger partial charge is 0.100 e. The summed E-state index contributed by atoms with van der Waals surface area (Å²) in [5.41, 5.74) is 5.42. The van der Waals surface area contributed by atoms with Crippen molar-refractivity contribution in [1.29, 1.82) is 0 Å². The Balaban J connectivity index is 0. The van der Waals surface area contributed by atoms with Gasteiger partial charge in [-0.25, -0.2) is 0 Å². The highest BCUT2D eigenvalue weighted by Gasteiger charge is 1.93. The van der Waals surface area contributed by atoms with Gasteiger partial charge in [-0.15, -0.1) is 0 Å². The van der Waals surface area contributed by atoms with E-state index in [1.54, 1.807) is 0 Å². The minimum absolute atomic E-state index is 0.365. The highest BCUT2D eigenvalue weighted by Crippen LogP contribution is 2.09. The van der Waals surface area contributed by atoms with Gasteiger partial charge in [-0.1, -0.05) is 64.7 Å². The molecule has 4 heteroatoms. The van der Waals surface area contributed by atoms with E-state index in [1.807, 2.05) is 0 Å². The Labute approximate surface area is 119 Å². The SMILES string of the molecule is CCCCCCCCCCCCN.OCC(O)CO. The molecule has 0 amide bonds. The van der Waals surface area contributed by atoms with E-state index in [2.05, 4.69) is 6.92 Å². The molecule has 0 aliphatic carbocycles. The topological polar surface area (TPSA) is 86.7 Å². The van der Waals surface area contributed by atoms with Crippen LogP contribution in [0.25, 0.3) is 0 Å². The highest BCUT2D eigenvalue weighted by atomic mass is 16.3. The number of nitrogens with two attached hydrogens (primary N) is 1. The molecule has 5 N–H and O–H groups in total. The van der Waals surface area contributed by atoms with E-state index in [-0.39, 0.29) is 13.2 Å². The van der Waals surface area contributed by atoms with Crippen molar-refractivity contribution in [1.82, 2.24) is 0 Å². The molecular weight excluding hydrogens is 242 g/mol. The summed E-state index contributed by atoms with van der Waals surface area (Å²) in [6.45, 7) is 2.41. The maximum absolute atomic E-state index is 8.17. The van der Waals surface area contributed by atoms with E-state index in [0.29, 0.717) is 0 Å². The van der Waals surface area contributed by atoms with Gasteiger partial charge in [0.05, 0.1) is 13.2 Å². The molecule has 0 fully saturated rings. The molecule has 0 heterocycles. The molecule has 0 aliphatic rings. The van der Waals surface area contributed by atoms with Gasteiger partial charge in [0.25, 0.3) is 0 Å². The summed E-state index contributed by atoms with van der Waals surface area (Å²) in [5.74, 6) is 0. The number of aliphatic hydroxyl groups is 3. The maximum Gasteiger partial charge on any atom is 0.100 e. The van der Waals surface area contributed by atoms with Crippen LogP contribution in [0.4, 0.5) is 0 Å². The second-order valence-corrected chi connectivity index (χ2v) is 4.99. The van der Waals surface area contributed by atoms with Crippen molar-refractivity contribution in [3.63, 3.8) is 0 Å². The van der Waals surface area contributed by atoms with Gasteiger partial charge in [0.1, 0.15) is 6.10 Å². The van der Waals surface area contributed by atoms with Gasteiger partial charge in [0, 0.05) is 0 Å². The largest absolute Gasteiger partial charge is 0.394 e. The average molecular weight is 277 g/mol. The fourth-order valence-corrected chi connectivity index (χ4v) is 1.69. The lowest BCUT2D eigenvalue weighted by Crippen LogP contribution is -2.15. The third-order valence-electron chi connectivity index (χ3n) is 2.98. The first-order valence-electron chi connectivity index (χ1n) is 7.82. The summed E-state index contributed by atoms with van der Waals surface area (Å²) >= 11 is 0. The van der Waals surface area contributed by atoms with Crippen molar-refractivity contribution in [3.8, 4) is 0 Å². The first-order valence-corrected chi connectivity index (χ1v) is 7.82. The molecule has 0 aliphatic heterocycles. The molecule has 0 unspecified atom stereocenters. The minimum Gasteiger partial charge on any atom is -0.394 e. The number of aliphatic hydroxyl groups excluding tert-OH is 3. The minimum atomic E-state index is -0.954. The zero-order chi connectivity index (χ0) is 14.8. The molecule has 0 rings (SSSR count). The molecule has 0 aromatic heterocycles. The predicted molar refractivity (Wildman–Crippen MR) is 81.1 cm³/mol. The van der Waals surface area contributed by atoms with Gasteiger partial charge in [0.2, 0.25) is 0 Å². The molecule has 0 saturated carbocycles. The van der Waals surface area contributed by atoms with Gasteiger partial charge in [-0.2, -0.15) is 0 Å². The standard InChI is InChI=1S/C12H27N.C3H8O3/c1-2-3-4-5-6-7-8-9-10-11-12-13;4-1-3(6)2-5/h2-13H2,1H3;3-6H,1-2H2. The zero-order valence-electron chi connectivity index (χ0n) is 12.7. The number of hydrogen-bond acceptors (Lipinski definition) is 4. The summed E-state index contributed by atoms with van der Waals surface area (Å²) < 4.78 is 0. The Morgan fingerprint density at radius 1 is 0.737 bits per heavy atom. The molecule has 19 heavy (non-hydrogen) atoms. The van der Waals surface area contributed by atoms with E-state index in [1.165, 1.54) is 64.2 Å². The fraction of sp³-hybridized carbons (Fsp3) is 1.00. The molecular formula is C15H35NO3. The van der Waals surface area contributed by atoms with Crippen LogP contribution < -0.4 is 5.73 Å². The Bertz CT molecular complexity index is 131. The Kier molecular flexibility index (Phi) is 22.4. The van der Waals surface area contributed by atoms with Crippen LogP contribution in [0.3, 0.4) is 0 Å². The van der Waals surface area contributed by atoms with Gasteiger partial charge in [-0.3, -0.25) is 0 Å². The summed E-state index contributed by atoms with van der Waals surface area (Å²) in [5, 5.41) is 24.0. The van der Waals surface area contributed by atoms with Crippen molar-refractivity contribution in [3.05, 3.63) is 0 Å². The van der Waals surface area contributed by atoms with Crippen molar-refractivity contribution in [2.45, 2.75) is 77.2 Å². The van der Waals surface area contributed by atoms with Crippen LogP contribution in [0.15, 0.2) is 0 Å². The highest BCUT2D eigenvalue weighted by molar-refractivity contribution is 4.47. The normalized spacial score (nSPS) is 10.4. The zero-order valence-corrected chi connectivity index (χ0v) is 12.7. The molecule has 0 bridgehead atoms. The molecule has 0 atom stereocenters. The Hall–Kier alpha value is -0.160. The second-order valence-electron chi connectivity index (χ2n) is 4.99. The van der Waals surface area contributed by atoms with Crippen LogP contribution in [0, 0.1) is 0 Å². The lowest BCUT2D eigenvalue weighted by Gasteiger charge is -2.00. The first-order chi connectivity index (χ1) is 9.22. The van der Waals surface area contributed by atoms with Crippen molar-refractivity contribution in [2.75, 3.05) is 19.8 Å². The number of hydrogen-bond donors (Lipinski definition) is 4. The van der Waals surface area contributed by atoms with Gasteiger partial charge >= 0.3 is 0 Å².